The van der Waals surface area contributed by atoms with Gasteiger partial charge in [0.2, 0.25) is 0 Å². The summed E-state index contributed by atoms with van der Waals surface area (Å²) in [6, 6.07) is 11.4. The van der Waals surface area contributed by atoms with Gasteiger partial charge >= 0.3 is 0 Å². The topological polar surface area (TPSA) is 34.4 Å². The number of hydrogen-bond donors (Lipinski definition) is 1. The van der Waals surface area contributed by atoms with Gasteiger partial charge in [0.05, 0.1) is 18.1 Å². The highest BCUT2D eigenvalue weighted by atomic mass is 16.5. The minimum absolute atomic E-state index is 0.287. The van der Waals surface area contributed by atoms with Crippen LogP contribution in [0.2, 0.25) is 0 Å². The lowest BCUT2D eigenvalue weighted by molar-refractivity contribution is 0.415. The van der Waals surface area contributed by atoms with Crippen LogP contribution >= 0.6 is 0 Å². The molecule has 0 saturated heterocycles. The zero-order chi connectivity index (χ0) is 12.0. The van der Waals surface area contributed by atoms with Gasteiger partial charge in [-0.05, 0) is 24.3 Å². The molecular formula is C14H13NO2. The van der Waals surface area contributed by atoms with Crippen molar-refractivity contribution in [2.45, 2.75) is 0 Å². The first kappa shape index (κ1) is 10.0. The average molecular weight is 227 g/mol. The maximum atomic E-state index is 9.54. The summed E-state index contributed by atoms with van der Waals surface area (Å²) >= 11 is 0. The molecule has 3 nitrogen and oxygen atoms in total. The Morgan fingerprint density at radius 2 is 1.65 bits per heavy atom. The molecule has 86 valence electrons. The number of nitrogens with zero attached hydrogens (tertiary/aromatic N) is 1. The Kier molecular flexibility index (Phi) is 2.01. The van der Waals surface area contributed by atoms with Crippen LogP contribution in [0.3, 0.4) is 0 Å². The lowest BCUT2D eigenvalue weighted by atomic mass is 10.1. The lowest BCUT2D eigenvalue weighted by Crippen LogP contribution is -1.87. The van der Waals surface area contributed by atoms with E-state index in [0.717, 1.165) is 22.2 Å². The summed E-state index contributed by atoms with van der Waals surface area (Å²) in [5.74, 6) is 1.13. The van der Waals surface area contributed by atoms with Gasteiger partial charge in [-0.1, -0.05) is 0 Å². The molecule has 1 heterocycles. The normalized spacial score (nSPS) is 11.2. The molecule has 17 heavy (non-hydrogen) atoms. The van der Waals surface area contributed by atoms with Crippen molar-refractivity contribution in [1.29, 1.82) is 0 Å². The third kappa shape index (κ3) is 1.35. The van der Waals surface area contributed by atoms with Gasteiger partial charge in [0, 0.05) is 30.0 Å². The molecule has 0 aliphatic heterocycles. The predicted molar refractivity (Wildman–Crippen MR) is 68.6 cm³/mol. The molecule has 3 rings (SSSR count). The number of aromatic nitrogens is 1. The van der Waals surface area contributed by atoms with Gasteiger partial charge in [-0.15, -0.1) is 0 Å². The number of methoxy groups -OCH3 is 1. The fourth-order valence-corrected chi connectivity index (χ4v) is 2.30. The van der Waals surface area contributed by atoms with Gasteiger partial charge in [-0.2, -0.15) is 0 Å². The van der Waals surface area contributed by atoms with Crippen LogP contribution in [0.5, 0.6) is 11.5 Å². The number of phenols is 1. The third-order valence-corrected chi connectivity index (χ3v) is 3.20. The maximum Gasteiger partial charge on any atom is 0.120 e. The third-order valence-electron chi connectivity index (χ3n) is 3.20. The second kappa shape index (κ2) is 3.42. The van der Waals surface area contributed by atoms with Gasteiger partial charge in [0.15, 0.2) is 0 Å². The highest BCUT2D eigenvalue weighted by molar-refractivity contribution is 6.08. The van der Waals surface area contributed by atoms with E-state index in [4.69, 9.17) is 4.74 Å². The van der Waals surface area contributed by atoms with Gasteiger partial charge in [0.1, 0.15) is 11.5 Å². The van der Waals surface area contributed by atoms with Crippen molar-refractivity contribution in [2.24, 2.45) is 7.05 Å². The Hall–Kier alpha value is -2.16. The minimum atomic E-state index is 0.287. The summed E-state index contributed by atoms with van der Waals surface area (Å²) in [6.07, 6.45) is 0. The SMILES string of the molecule is COc1ccc2c3ccc(O)cc3n(C)c2c1. The number of phenolic OH excluding ortho intramolecular Hbond substituents is 1. The van der Waals surface area contributed by atoms with Crippen LogP contribution in [0.1, 0.15) is 0 Å². The number of aryl methyl sites for hydroxylation is 1. The highest BCUT2D eigenvalue weighted by Gasteiger charge is 2.09. The smallest absolute Gasteiger partial charge is 0.120 e. The molecule has 0 aliphatic carbocycles. The summed E-state index contributed by atoms with van der Waals surface area (Å²) in [7, 11) is 3.65. The summed E-state index contributed by atoms with van der Waals surface area (Å²) in [6.45, 7) is 0. The van der Waals surface area contributed by atoms with Crippen molar-refractivity contribution in [1.82, 2.24) is 4.57 Å². The molecule has 0 spiro atoms. The Morgan fingerprint density at radius 3 is 2.35 bits per heavy atom. The fraction of sp³-hybridized carbons (Fsp3) is 0.143. The van der Waals surface area contributed by atoms with E-state index >= 15 is 0 Å². The van der Waals surface area contributed by atoms with Crippen LogP contribution in [0.4, 0.5) is 0 Å². The Balaban J connectivity index is 2.48. The molecule has 0 atom stereocenters. The molecule has 2 aromatic carbocycles. The van der Waals surface area contributed by atoms with Crippen LogP contribution in [0.25, 0.3) is 21.8 Å². The molecular weight excluding hydrogens is 214 g/mol. The summed E-state index contributed by atoms with van der Waals surface area (Å²) in [4.78, 5) is 0. The first-order valence-corrected chi connectivity index (χ1v) is 5.46. The van der Waals surface area contributed by atoms with Crippen molar-refractivity contribution in [2.75, 3.05) is 7.11 Å². The van der Waals surface area contributed by atoms with E-state index in [1.54, 1.807) is 19.2 Å². The molecule has 3 aromatic rings. The van der Waals surface area contributed by atoms with Crippen molar-refractivity contribution in [3.8, 4) is 11.5 Å². The molecule has 1 N–H and O–H groups in total. The largest absolute Gasteiger partial charge is 0.508 e. The van der Waals surface area contributed by atoms with E-state index in [1.165, 1.54) is 5.39 Å². The molecule has 3 heteroatoms. The molecule has 1 aromatic heterocycles. The molecule has 0 radical (unpaired) electrons. The highest BCUT2D eigenvalue weighted by Crippen LogP contribution is 2.32. The van der Waals surface area contributed by atoms with Crippen molar-refractivity contribution >= 4 is 21.8 Å². The number of ether oxygens (including phenoxy) is 1. The Bertz CT molecular complexity index is 713. The molecule has 0 bridgehead atoms. The zero-order valence-electron chi connectivity index (χ0n) is 9.77. The summed E-state index contributed by atoms with van der Waals surface area (Å²) < 4.78 is 7.30. The van der Waals surface area contributed by atoms with Gasteiger partial charge in [-0.25, -0.2) is 0 Å². The average Bonchev–Trinajstić information content (AvgIpc) is 2.62. The predicted octanol–water partition coefficient (Wildman–Crippen LogP) is 3.05. The van der Waals surface area contributed by atoms with Crippen LogP contribution in [0.15, 0.2) is 36.4 Å². The Morgan fingerprint density at radius 1 is 1.00 bits per heavy atom. The van der Waals surface area contributed by atoms with E-state index in [1.807, 2.05) is 31.3 Å². The quantitative estimate of drug-likeness (QED) is 0.693. The second-order valence-corrected chi connectivity index (χ2v) is 4.14. The summed E-state index contributed by atoms with van der Waals surface area (Å²) in [5.41, 5.74) is 2.12. The zero-order valence-corrected chi connectivity index (χ0v) is 9.77. The minimum Gasteiger partial charge on any atom is -0.508 e. The van der Waals surface area contributed by atoms with Gasteiger partial charge < -0.3 is 14.4 Å². The first-order chi connectivity index (χ1) is 8.20. The van der Waals surface area contributed by atoms with Crippen molar-refractivity contribution < 1.29 is 9.84 Å². The van der Waals surface area contributed by atoms with Gasteiger partial charge in [-0.3, -0.25) is 0 Å². The number of fused-ring (bicyclic) bond motifs is 3. The van der Waals surface area contributed by atoms with E-state index in [0.29, 0.717) is 0 Å². The van der Waals surface area contributed by atoms with Crippen molar-refractivity contribution in [3.05, 3.63) is 36.4 Å². The number of rotatable bonds is 1. The van der Waals surface area contributed by atoms with E-state index < -0.39 is 0 Å². The standard InChI is InChI=1S/C14H13NO2/c1-15-13-7-9(16)3-5-11(13)12-6-4-10(17-2)8-14(12)15/h3-8,16H,1-2H3. The summed E-state index contributed by atoms with van der Waals surface area (Å²) in [5, 5.41) is 11.9. The van der Waals surface area contributed by atoms with Crippen molar-refractivity contribution in [3.63, 3.8) is 0 Å². The van der Waals surface area contributed by atoms with Crippen LogP contribution in [-0.4, -0.2) is 16.8 Å². The molecule has 0 unspecified atom stereocenters. The number of aromatic hydroxyl groups is 1. The van der Waals surface area contributed by atoms with Crippen LogP contribution in [-0.2, 0) is 7.05 Å². The lowest BCUT2D eigenvalue weighted by Gasteiger charge is -2.01. The number of hydrogen-bond acceptors (Lipinski definition) is 2. The van der Waals surface area contributed by atoms with Crippen LogP contribution in [0, 0.1) is 0 Å². The van der Waals surface area contributed by atoms with E-state index in [2.05, 4.69) is 4.57 Å². The Labute approximate surface area is 98.9 Å². The van der Waals surface area contributed by atoms with Crippen LogP contribution < -0.4 is 4.74 Å². The van der Waals surface area contributed by atoms with E-state index in [-0.39, 0.29) is 5.75 Å². The van der Waals surface area contributed by atoms with E-state index in [9.17, 15) is 5.11 Å². The fourth-order valence-electron chi connectivity index (χ4n) is 2.30. The molecule has 0 fully saturated rings. The molecule has 0 amide bonds. The monoisotopic (exact) mass is 227 g/mol. The van der Waals surface area contributed by atoms with Gasteiger partial charge in [0.25, 0.3) is 0 Å². The number of benzene rings is 2. The molecule has 0 aliphatic rings. The maximum absolute atomic E-state index is 9.54. The molecule has 0 saturated carbocycles. The second-order valence-electron chi connectivity index (χ2n) is 4.14. The first-order valence-electron chi connectivity index (χ1n) is 5.46.